The van der Waals surface area contributed by atoms with Crippen LogP contribution < -0.4 is 25.4 Å². The number of benzene rings is 1. The van der Waals surface area contributed by atoms with Gasteiger partial charge < -0.3 is 30.5 Å². The van der Waals surface area contributed by atoms with Gasteiger partial charge in [-0.3, -0.25) is 0 Å². The van der Waals surface area contributed by atoms with Crippen molar-refractivity contribution in [2.24, 2.45) is 5.41 Å². The van der Waals surface area contributed by atoms with E-state index in [1.54, 1.807) is 6.92 Å². The summed E-state index contributed by atoms with van der Waals surface area (Å²) < 4.78 is 87.4. The van der Waals surface area contributed by atoms with Crippen molar-refractivity contribution >= 4 is 22.4 Å². The van der Waals surface area contributed by atoms with Crippen molar-refractivity contribution in [3.8, 4) is 23.1 Å². The summed E-state index contributed by atoms with van der Waals surface area (Å²) in [5, 5.41) is 15.3. The van der Waals surface area contributed by atoms with Crippen LogP contribution in [0.25, 0.3) is 22.2 Å². The van der Waals surface area contributed by atoms with E-state index in [2.05, 4.69) is 15.3 Å². The number of pyridine rings is 1. The fourth-order valence-electron chi connectivity index (χ4n) is 8.10. The van der Waals surface area contributed by atoms with Gasteiger partial charge in [-0.25, -0.2) is 13.8 Å². The fourth-order valence-corrected chi connectivity index (χ4v) is 8.10. The van der Waals surface area contributed by atoms with Gasteiger partial charge >= 0.3 is 12.2 Å². The van der Waals surface area contributed by atoms with Crippen LogP contribution in [0.1, 0.15) is 71.4 Å². The third-order valence-electron chi connectivity index (χ3n) is 10.7. The van der Waals surface area contributed by atoms with Gasteiger partial charge in [-0.2, -0.15) is 23.1 Å². The van der Waals surface area contributed by atoms with Gasteiger partial charge in [0, 0.05) is 24.2 Å². The van der Waals surface area contributed by atoms with Crippen LogP contribution in [0.5, 0.6) is 11.9 Å². The SMILES string of the molecule is Cc1c(F)c(N)cc(-c2nc3c4c(nc(O[C@@]5(C)CC[C@@]5(O)C(C)(C)C)nc4c2F)N2C[C@H]4CC[C@H](N4)[C@H]2[C@H](C)O3)c1C(F)(F)F. The van der Waals surface area contributed by atoms with Gasteiger partial charge in [-0.15, -0.1) is 0 Å². The van der Waals surface area contributed by atoms with Crippen molar-refractivity contribution in [1.29, 1.82) is 0 Å². The number of piperazine rings is 1. The summed E-state index contributed by atoms with van der Waals surface area (Å²) in [6.45, 7) is 10.7. The zero-order valence-electron chi connectivity index (χ0n) is 26.4. The Labute approximate surface area is 262 Å². The lowest BCUT2D eigenvalue weighted by molar-refractivity contribution is -0.248. The molecule has 3 aliphatic heterocycles. The van der Waals surface area contributed by atoms with Crippen molar-refractivity contribution < 1.29 is 36.5 Å². The molecular formula is C32H37F5N6O3. The fraction of sp³-hybridized carbons (Fsp3) is 0.594. The molecule has 46 heavy (non-hydrogen) atoms. The second-order valence-corrected chi connectivity index (χ2v) is 14.4. The number of hydrogen-bond donors (Lipinski definition) is 3. The van der Waals surface area contributed by atoms with Crippen LogP contribution in [-0.4, -0.2) is 62.0 Å². The first-order valence-electron chi connectivity index (χ1n) is 15.5. The van der Waals surface area contributed by atoms with Gasteiger partial charge in [0.2, 0.25) is 5.88 Å². The molecule has 7 rings (SSSR count). The average molecular weight is 649 g/mol. The monoisotopic (exact) mass is 648 g/mol. The molecule has 1 saturated carbocycles. The average Bonchev–Trinajstić information content (AvgIpc) is 3.28. The summed E-state index contributed by atoms with van der Waals surface area (Å²) in [5.41, 5.74) is -1.84. The topological polar surface area (TPSA) is 119 Å². The lowest BCUT2D eigenvalue weighted by Gasteiger charge is -2.59. The van der Waals surface area contributed by atoms with Crippen LogP contribution in [0.15, 0.2) is 6.07 Å². The molecule has 0 radical (unpaired) electrons. The number of rotatable bonds is 3. The highest BCUT2D eigenvalue weighted by atomic mass is 19.4. The molecule has 3 fully saturated rings. The molecule has 5 heterocycles. The Morgan fingerprint density at radius 1 is 1.11 bits per heavy atom. The number of anilines is 2. The van der Waals surface area contributed by atoms with E-state index in [-0.39, 0.29) is 46.7 Å². The molecule has 2 saturated heterocycles. The normalized spacial score (nSPS) is 30.5. The number of halogens is 5. The third kappa shape index (κ3) is 4.28. The third-order valence-corrected chi connectivity index (χ3v) is 10.7. The first kappa shape index (κ1) is 31.1. The maximum atomic E-state index is 16.8. The van der Waals surface area contributed by atoms with Crippen LogP contribution in [0, 0.1) is 24.0 Å². The summed E-state index contributed by atoms with van der Waals surface area (Å²) in [6, 6.07) is 0.370. The van der Waals surface area contributed by atoms with Gasteiger partial charge in [-0.1, -0.05) is 20.8 Å². The van der Waals surface area contributed by atoms with E-state index < -0.39 is 68.6 Å². The molecule has 6 atom stereocenters. The van der Waals surface area contributed by atoms with Gasteiger partial charge in [0.25, 0.3) is 0 Å². The zero-order chi connectivity index (χ0) is 33.3. The van der Waals surface area contributed by atoms with Gasteiger partial charge in [-0.05, 0) is 63.5 Å². The molecule has 1 aliphatic carbocycles. The minimum Gasteiger partial charge on any atom is -0.472 e. The van der Waals surface area contributed by atoms with Crippen molar-refractivity contribution in [2.45, 2.75) is 109 Å². The molecular weight excluding hydrogens is 611 g/mol. The first-order valence-corrected chi connectivity index (χ1v) is 15.5. The molecule has 3 aromatic rings. The second-order valence-electron chi connectivity index (χ2n) is 14.4. The minimum atomic E-state index is -5.06. The van der Waals surface area contributed by atoms with Gasteiger partial charge in [0.15, 0.2) is 5.82 Å². The highest BCUT2D eigenvalue weighted by molar-refractivity contribution is 5.97. The minimum absolute atomic E-state index is 0.00766. The quantitative estimate of drug-likeness (QED) is 0.244. The van der Waals surface area contributed by atoms with Crippen LogP contribution in [0.2, 0.25) is 0 Å². The highest BCUT2D eigenvalue weighted by Gasteiger charge is 2.63. The Morgan fingerprint density at radius 3 is 2.46 bits per heavy atom. The van der Waals surface area contributed by atoms with Crippen LogP contribution in [-0.2, 0) is 6.18 Å². The molecule has 0 unspecified atom stereocenters. The van der Waals surface area contributed by atoms with Crippen molar-refractivity contribution in [2.75, 3.05) is 17.2 Å². The van der Waals surface area contributed by atoms with E-state index in [9.17, 15) is 22.7 Å². The molecule has 0 spiro atoms. The zero-order valence-corrected chi connectivity index (χ0v) is 26.4. The van der Waals surface area contributed by atoms with E-state index >= 15 is 4.39 Å². The second kappa shape index (κ2) is 9.75. The van der Waals surface area contributed by atoms with Crippen molar-refractivity contribution in [3.05, 3.63) is 28.8 Å². The largest absolute Gasteiger partial charge is 0.472 e. The maximum Gasteiger partial charge on any atom is 0.417 e. The summed E-state index contributed by atoms with van der Waals surface area (Å²) in [4.78, 5) is 15.5. The Hall–Kier alpha value is -3.52. The van der Waals surface area contributed by atoms with Crippen molar-refractivity contribution in [3.63, 3.8) is 0 Å². The molecule has 2 bridgehead atoms. The number of hydrogen-bond acceptors (Lipinski definition) is 9. The molecule has 4 aliphatic rings. The van der Waals surface area contributed by atoms with Crippen molar-refractivity contribution in [1.82, 2.24) is 20.3 Å². The maximum absolute atomic E-state index is 16.8. The Morgan fingerprint density at radius 2 is 1.83 bits per heavy atom. The smallest absolute Gasteiger partial charge is 0.417 e. The summed E-state index contributed by atoms with van der Waals surface area (Å²) >= 11 is 0. The standard InChI is InChI=1S/C32H37F5N6O3/c1-13-20(32(35,36)37)16(11-17(38)21(13)33)23-22(34)24-19-26(42-28(41-24)46-30(6)9-10-31(30,44)29(3,4)5)43-12-15-7-8-18(39-15)25(43)14(2)45-27(19)40-23/h11,14-15,18,25,39,44H,7-10,12,38H2,1-6H3/t14-,15+,18-,25+,30-,31+/m0/s1. The molecule has 9 nitrogen and oxygen atoms in total. The number of alkyl halides is 3. The summed E-state index contributed by atoms with van der Waals surface area (Å²) in [7, 11) is 0. The molecule has 1 aromatic carbocycles. The number of ether oxygens (including phenoxy) is 2. The lowest BCUT2D eigenvalue weighted by atomic mass is 9.55. The first-order chi connectivity index (χ1) is 21.3. The Bertz CT molecular complexity index is 1780. The number of nitrogens with two attached hydrogens (primary N) is 1. The van der Waals surface area contributed by atoms with Crippen LogP contribution in [0.4, 0.5) is 33.5 Å². The molecule has 2 aromatic heterocycles. The predicted molar refractivity (Wildman–Crippen MR) is 161 cm³/mol. The molecule has 14 heteroatoms. The number of nitrogens with one attached hydrogen (secondary N) is 1. The van der Waals surface area contributed by atoms with E-state index in [0.29, 0.717) is 19.4 Å². The summed E-state index contributed by atoms with van der Waals surface area (Å²) in [5.74, 6) is -2.31. The number of aromatic nitrogens is 3. The van der Waals surface area contributed by atoms with E-state index in [1.807, 2.05) is 32.6 Å². The van der Waals surface area contributed by atoms with Crippen LogP contribution in [0.3, 0.4) is 0 Å². The predicted octanol–water partition coefficient (Wildman–Crippen LogP) is 5.68. The summed E-state index contributed by atoms with van der Waals surface area (Å²) in [6.07, 6.45) is -2.90. The molecule has 0 amide bonds. The van der Waals surface area contributed by atoms with E-state index in [0.717, 1.165) is 25.8 Å². The molecule has 248 valence electrons. The number of nitrogens with zero attached hydrogens (tertiary/aromatic N) is 4. The molecule has 4 N–H and O–H groups in total. The number of aliphatic hydroxyl groups is 1. The lowest BCUT2D eigenvalue weighted by Crippen LogP contribution is -2.70. The van der Waals surface area contributed by atoms with E-state index in [1.165, 1.54) is 0 Å². The van der Waals surface area contributed by atoms with Gasteiger partial charge in [0.1, 0.15) is 45.5 Å². The number of fused-ring (bicyclic) bond motifs is 5. The Balaban J connectivity index is 1.50. The number of nitrogen functional groups attached to an aromatic ring is 1. The Kier molecular flexibility index (Phi) is 6.59. The highest BCUT2D eigenvalue weighted by Crippen LogP contribution is 2.55. The van der Waals surface area contributed by atoms with Crippen LogP contribution >= 0.6 is 0 Å². The van der Waals surface area contributed by atoms with E-state index in [4.69, 9.17) is 20.2 Å². The van der Waals surface area contributed by atoms with Gasteiger partial charge in [0.05, 0.1) is 17.3 Å².